The summed E-state index contributed by atoms with van der Waals surface area (Å²) in [7, 11) is 1.45. The van der Waals surface area contributed by atoms with Gasteiger partial charge in [-0.2, -0.15) is 13.2 Å². The van der Waals surface area contributed by atoms with Crippen LogP contribution in [0.4, 0.5) is 18.9 Å². The van der Waals surface area contributed by atoms with Crippen molar-refractivity contribution in [3.8, 4) is 5.75 Å². The number of hydrogen-bond donors (Lipinski definition) is 1. The summed E-state index contributed by atoms with van der Waals surface area (Å²) in [5, 5.41) is 2.32. The minimum Gasteiger partial charge on any atom is -0.489 e. The van der Waals surface area contributed by atoms with E-state index in [2.05, 4.69) is 5.32 Å². The summed E-state index contributed by atoms with van der Waals surface area (Å²) in [6.45, 7) is 1.46. The first-order valence-electron chi connectivity index (χ1n) is 9.60. The number of anilines is 1. The standard InChI is InChI=1S/C22H24F3NO5/c1-3-17(15-7-5-4-6-8-15)21(28)31-14-20(27)26-18-13-16(22(23,24)25)9-10-19(18)30-12-11-29-2/h4-10,13,17H,3,11-12,14H2,1-2H3,(H,26,27). The minimum atomic E-state index is -4.60. The molecule has 1 atom stereocenters. The van der Waals surface area contributed by atoms with E-state index in [1.807, 2.05) is 13.0 Å². The van der Waals surface area contributed by atoms with Crippen molar-refractivity contribution in [2.24, 2.45) is 0 Å². The molecule has 2 aromatic carbocycles. The van der Waals surface area contributed by atoms with Gasteiger partial charge in [-0.25, -0.2) is 0 Å². The second kappa shape index (κ2) is 11.4. The summed E-state index contributed by atoms with van der Waals surface area (Å²) in [5.41, 5.74) is -0.377. The van der Waals surface area contributed by atoms with E-state index in [4.69, 9.17) is 14.2 Å². The van der Waals surface area contributed by atoms with Crippen LogP contribution in [-0.4, -0.2) is 38.8 Å². The third kappa shape index (κ3) is 7.29. The van der Waals surface area contributed by atoms with Crippen molar-refractivity contribution >= 4 is 17.6 Å². The SMILES string of the molecule is CCC(C(=O)OCC(=O)Nc1cc(C(F)(F)F)ccc1OCCOC)c1ccccc1. The second-order valence-electron chi connectivity index (χ2n) is 6.58. The first-order valence-corrected chi connectivity index (χ1v) is 9.60. The molecule has 1 N–H and O–H groups in total. The maximum Gasteiger partial charge on any atom is 0.416 e. The molecule has 6 nitrogen and oxygen atoms in total. The van der Waals surface area contributed by atoms with Gasteiger partial charge in [-0.15, -0.1) is 0 Å². The van der Waals surface area contributed by atoms with Crippen LogP contribution in [0.5, 0.6) is 5.75 Å². The first-order chi connectivity index (χ1) is 14.8. The molecule has 0 heterocycles. The molecular formula is C22H24F3NO5. The zero-order valence-corrected chi connectivity index (χ0v) is 17.2. The van der Waals surface area contributed by atoms with Crippen LogP contribution in [0, 0.1) is 0 Å². The van der Waals surface area contributed by atoms with Crippen molar-refractivity contribution in [2.45, 2.75) is 25.4 Å². The Bertz CT molecular complexity index is 871. The number of amides is 1. The van der Waals surface area contributed by atoms with Crippen LogP contribution in [0.2, 0.25) is 0 Å². The van der Waals surface area contributed by atoms with E-state index in [9.17, 15) is 22.8 Å². The highest BCUT2D eigenvalue weighted by Gasteiger charge is 2.31. The Balaban J connectivity index is 2.06. The molecule has 31 heavy (non-hydrogen) atoms. The maximum atomic E-state index is 13.0. The lowest BCUT2D eigenvalue weighted by atomic mass is 9.97. The number of benzene rings is 2. The maximum absolute atomic E-state index is 13.0. The molecular weight excluding hydrogens is 415 g/mol. The Morgan fingerprint density at radius 3 is 2.39 bits per heavy atom. The topological polar surface area (TPSA) is 73.9 Å². The predicted molar refractivity (Wildman–Crippen MR) is 108 cm³/mol. The van der Waals surface area contributed by atoms with Crippen molar-refractivity contribution in [3.05, 3.63) is 59.7 Å². The summed E-state index contributed by atoms with van der Waals surface area (Å²) in [5.74, 6) is -1.88. The number of esters is 1. The molecule has 0 aliphatic heterocycles. The van der Waals surface area contributed by atoms with Crippen LogP contribution in [0.1, 0.15) is 30.4 Å². The molecule has 9 heteroatoms. The lowest BCUT2D eigenvalue weighted by Crippen LogP contribution is -2.24. The molecule has 0 aliphatic carbocycles. The van der Waals surface area contributed by atoms with Crippen LogP contribution >= 0.6 is 0 Å². The Morgan fingerprint density at radius 1 is 1.06 bits per heavy atom. The molecule has 1 unspecified atom stereocenters. The van der Waals surface area contributed by atoms with E-state index in [0.29, 0.717) is 6.42 Å². The normalized spacial score (nSPS) is 12.2. The summed E-state index contributed by atoms with van der Waals surface area (Å²) >= 11 is 0. The molecule has 168 valence electrons. The summed E-state index contributed by atoms with van der Waals surface area (Å²) in [4.78, 5) is 24.6. The highest BCUT2D eigenvalue weighted by atomic mass is 19.4. The van der Waals surface area contributed by atoms with Crippen LogP contribution in [0.3, 0.4) is 0 Å². The van der Waals surface area contributed by atoms with Crippen LogP contribution in [0.25, 0.3) is 0 Å². The number of nitrogens with one attached hydrogen (secondary N) is 1. The molecule has 0 fully saturated rings. The van der Waals surface area contributed by atoms with Gasteiger partial charge in [0, 0.05) is 7.11 Å². The van der Waals surface area contributed by atoms with Gasteiger partial charge in [0.25, 0.3) is 5.91 Å². The van der Waals surface area contributed by atoms with Gasteiger partial charge in [0.2, 0.25) is 0 Å². The third-order valence-corrected chi connectivity index (χ3v) is 4.37. The predicted octanol–water partition coefficient (Wildman–Crippen LogP) is 4.41. The number of alkyl halides is 3. The third-order valence-electron chi connectivity index (χ3n) is 4.37. The van der Waals surface area contributed by atoms with Gasteiger partial charge in [-0.1, -0.05) is 37.3 Å². The fraction of sp³-hybridized carbons (Fsp3) is 0.364. The van der Waals surface area contributed by atoms with Crippen LogP contribution in [-0.2, 0) is 25.2 Å². The number of hydrogen-bond acceptors (Lipinski definition) is 5. The van der Waals surface area contributed by atoms with E-state index in [-0.39, 0.29) is 24.7 Å². The lowest BCUT2D eigenvalue weighted by molar-refractivity contribution is -0.149. The molecule has 0 saturated carbocycles. The van der Waals surface area contributed by atoms with E-state index < -0.39 is 36.1 Å². The van der Waals surface area contributed by atoms with Gasteiger partial charge in [-0.3, -0.25) is 9.59 Å². The Labute approximate surface area is 178 Å². The summed E-state index contributed by atoms with van der Waals surface area (Å²) in [6, 6.07) is 11.7. The average molecular weight is 439 g/mol. The number of methoxy groups -OCH3 is 1. The quantitative estimate of drug-likeness (QED) is 0.439. The molecule has 0 radical (unpaired) electrons. The number of carbonyl (C=O) groups excluding carboxylic acids is 2. The van der Waals surface area contributed by atoms with Gasteiger partial charge >= 0.3 is 12.1 Å². The number of ether oxygens (including phenoxy) is 3. The monoisotopic (exact) mass is 439 g/mol. The van der Waals surface area contributed by atoms with Crippen molar-refractivity contribution in [3.63, 3.8) is 0 Å². The number of carbonyl (C=O) groups is 2. The molecule has 0 saturated heterocycles. The van der Waals surface area contributed by atoms with Gasteiger partial charge in [0.15, 0.2) is 6.61 Å². The Morgan fingerprint density at radius 2 is 1.77 bits per heavy atom. The molecule has 0 aromatic heterocycles. The largest absolute Gasteiger partial charge is 0.489 e. The van der Waals surface area contributed by atoms with Gasteiger partial charge in [-0.05, 0) is 30.2 Å². The van der Waals surface area contributed by atoms with Gasteiger partial charge < -0.3 is 19.5 Å². The average Bonchev–Trinajstić information content (AvgIpc) is 2.74. The van der Waals surface area contributed by atoms with Crippen molar-refractivity contribution < 1.29 is 37.0 Å². The van der Waals surface area contributed by atoms with Crippen LogP contribution in [0.15, 0.2) is 48.5 Å². The highest BCUT2D eigenvalue weighted by Crippen LogP contribution is 2.35. The van der Waals surface area contributed by atoms with Gasteiger partial charge in [0.1, 0.15) is 12.4 Å². The zero-order chi connectivity index (χ0) is 22.9. The van der Waals surface area contributed by atoms with Crippen LogP contribution < -0.4 is 10.1 Å². The summed E-state index contributed by atoms with van der Waals surface area (Å²) in [6.07, 6.45) is -4.13. The smallest absolute Gasteiger partial charge is 0.416 e. The van der Waals surface area contributed by atoms with E-state index in [0.717, 1.165) is 23.8 Å². The molecule has 0 spiro atoms. The number of halogens is 3. The minimum absolute atomic E-state index is 0.0421. The molecule has 1 amide bonds. The molecule has 0 bridgehead atoms. The van der Waals surface area contributed by atoms with Gasteiger partial charge in [0.05, 0.1) is 23.8 Å². The number of rotatable bonds is 10. The fourth-order valence-electron chi connectivity index (χ4n) is 2.81. The molecule has 2 rings (SSSR count). The highest BCUT2D eigenvalue weighted by molar-refractivity contribution is 5.94. The second-order valence-corrected chi connectivity index (χ2v) is 6.58. The van der Waals surface area contributed by atoms with E-state index in [1.165, 1.54) is 7.11 Å². The lowest BCUT2D eigenvalue weighted by Gasteiger charge is -2.16. The Hall–Kier alpha value is -3.07. The summed E-state index contributed by atoms with van der Waals surface area (Å²) < 4.78 is 54.4. The molecule has 0 aliphatic rings. The molecule has 2 aromatic rings. The zero-order valence-electron chi connectivity index (χ0n) is 17.2. The van der Waals surface area contributed by atoms with Crippen molar-refractivity contribution in [1.82, 2.24) is 0 Å². The van der Waals surface area contributed by atoms with Crippen molar-refractivity contribution in [2.75, 3.05) is 32.2 Å². The van der Waals surface area contributed by atoms with E-state index >= 15 is 0 Å². The van der Waals surface area contributed by atoms with Crippen molar-refractivity contribution in [1.29, 1.82) is 0 Å². The fourth-order valence-corrected chi connectivity index (χ4v) is 2.81. The van der Waals surface area contributed by atoms with E-state index in [1.54, 1.807) is 24.3 Å². The Kier molecular flexibility index (Phi) is 8.87. The first kappa shape index (κ1) is 24.2.